The SMILES string of the molecule is CN(C)c1ccc(C#Cc2ccc(-c3ccc(/C=C(/C#N)C(=O)O)cc3)c3nsnc23)cc1. The van der Waals surface area contributed by atoms with Crippen LogP contribution in [0.15, 0.2) is 66.2 Å². The molecule has 33 heavy (non-hydrogen) atoms. The molecule has 1 N–H and O–H groups in total. The summed E-state index contributed by atoms with van der Waals surface area (Å²) in [6.45, 7) is 0. The molecule has 4 rings (SSSR count). The second kappa shape index (κ2) is 9.35. The molecule has 1 heterocycles. The molecule has 0 aliphatic carbocycles. The summed E-state index contributed by atoms with van der Waals surface area (Å²) in [4.78, 5) is 13.1. The number of rotatable bonds is 4. The molecule has 7 heteroatoms. The zero-order valence-corrected chi connectivity index (χ0v) is 18.7. The van der Waals surface area contributed by atoms with Crippen molar-refractivity contribution in [1.29, 1.82) is 5.26 Å². The van der Waals surface area contributed by atoms with Crippen LogP contribution in [0.5, 0.6) is 0 Å². The van der Waals surface area contributed by atoms with Crippen LogP contribution in [0.4, 0.5) is 5.69 Å². The van der Waals surface area contributed by atoms with Crippen molar-refractivity contribution in [2.75, 3.05) is 19.0 Å². The Bertz CT molecular complexity index is 1470. The Labute approximate surface area is 195 Å². The number of carbonyl (C=O) groups is 1. The van der Waals surface area contributed by atoms with E-state index in [-0.39, 0.29) is 5.57 Å². The average Bonchev–Trinajstić information content (AvgIpc) is 3.32. The van der Waals surface area contributed by atoms with E-state index in [9.17, 15) is 4.79 Å². The van der Waals surface area contributed by atoms with Gasteiger partial charge in [-0.25, -0.2) is 4.79 Å². The molecule has 0 fully saturated rings. The van der Waals surface area contributed by atoms with E-state index in [1.54, 1.807) is 18.2 Å². The van der Waals surface area contributed by atoms with E-state index in [0.29, 0.717) is 5.56 Å². The second-order valence-electron chi connectivity index (χ2n) is 7.41. The van der Waals surface area contributed by atoms with Crippen molar-refractivity contribution < 1.29 is 9.90 Å². The number of anilines is 1. The fourth-order valence-electron chi connectivity index (χ4n) is 3.25. The van der Waals surface area contributed by atoms with Crippen LogP contribution in [-0.2, 0) is 4.79 Å². The highest BCUT2D eigenvalue weighted by atomic mass is 32.1. The lowest BCUT2D eigenvalue weighted by atomic mass is 10.00. The summed E-state index contributed by atoms with van der Waals surface area (Å²) in [5, 5.41) is 18.0. The standard InChI is InChI=1S/C26H18N4O2S/c1-30(2)22-12-6-17(7-13-22)3-10-20-11-14-23(25-24(20)28-33-29-25)19-8-4-18(5-9-19)15-21(16-27)26(31)32/h4-9,11-15H,1-2H3,(H,31,32)/b21-15-. The van der Waals surface area contributed by atoms with Crippen LogP contribution in [0.25, 0.3) is 28.2 Å². The Morgan fingerprint density at radius 3 is 2.30 bits per heavy atom. The first-order valence-corrected chi connectivity index (χ1v) is 10.7. The molecule has 0 aliphatic heterocycles. The van der Waals surface area contributed by atoms with Crippen molar-refractivity contribution in [1.82, 2.24) is 8.75 Å². The number of fused-ring (bicyclic) bond motifs is 1. The third-order valence-corrected chi connectivity index (χ3v) is 5.55. The van der Waals surface area contributed by atoms with Crippen molar-refractivity contribution in [2.45, 2.75) is 0 Å². The molecule has 1 aromatic heterocycles. The Balaban J connectivity index is 1.65. The summed E-state index contributed by atoms with van der Waals surface area (Å²) < 4.78 is 8.93. The van der Waals surface area contributed by atoms with Gasteiger partial charge in [0.25, 0.3) is 0 Å². The number of hydrogen-bond donors (Lipinski definition) is 1. The molecule has 0 atom stereocenters. The highest BCUT2D eigenvalue weighted by molar-refractivity contribution is 7.00. The largest absolute Gasteiger partial charge is 0.477 e. The van der Waals surface area contributed by atoms with Crippen molar-refractivity contribution in [3.8, 4) is 29.0 Å². The van der Waals surface area contributed by atoms with E-state index in [1.807, 2.05) is 67.5 Å². The van der Waals surface area contributed by atoms with Crippen LogP contribution in [-0.4, -0.2) is 33.9 Å². The molecule has 6 nitrogen and oxygen atoms in total. The van der Waals surface area contributed by atoms with Crippen LogP contribution >= 0.6 is 11.7 Å². The number of aromatic nitrogens is 2. The number of carboxylic acid groups (broad SMARTS) is 1. The van der Waals surface area contributed by atoms with Crippen LogP contribution in [0.3, 0.4) is 0 Å². The first-order chi connectivity index (χ1) is 16.0. The zero-order valence-electron chi connectivity index (χ0n) is 17.9. The Hall–Kier alpha value is -4.46. The van der Waals surface area contributed by atoms with Crippen LogP contribution in [0.1, 0.15) is 16.7 Å². The molecular formula is C26H18N4O2S. The molecular weight excluding hydrogens is 432 g/mol. The van der Waals surface area contributed by atoms with Gasteiger partial charge in [0.1, 0.15) is 22.7 Å². The predicted octanol–water partition coefficient (Wildman–Crippen LogP) is 4.82. The Morgan fingerprint density at radius 2 is 1.67 bits per heavy atom. The lowest BCUT2D eigenvalue weighted by Gasteiger charge is -2.11. The number of benzene rings is 3. The van der Waals surface area contributed by atoms with E-state index in [4.69, 9.17) is 10.4 Å². The lowest BCUT2D eigenvalue weighted by Crippen LogP contribution is -2.07. The summed E-state index contributed by atoms with van der Waals surface area (Å²) in [5.74, 6) is 5.16. The number of nitriles is 1. The summed E-state index contributed by atoms with van der Waals surface area (Å²) in [7, 11) is 4.00. The maximum absolute atomic E-state index is 11.0. The lowest BCUT2D eigenvalue weighted by molar-refractivity contribution is -0.132. The van der Waals surface area contributed by atoms with E-state index in [2.05, 4.69) is 20.6 Å². The van der Waals surface area contributed by atoms with Crippen molar-refractivity contribution in [3.63, 3.8) is 0 Å². The van der Waals surface area contributed by atoms with Crippen LogP contribution < -0.4 is 4.90 Å². The molecule has 0 amide bonds. The minimum atomic E-state index is -1.25. The first kappa shape index (κ1) is 21.8. The molecule has 0 spiro atoms. The summed E-state index contributed by atoms with van der Waals surface area (Å²) in [5.41, 5.74) is 6.50. The van der Waals surface area contributed by atoms with Crippen molar-refractivity contribution in [2.24, 2.45) is 0 Å². The number of carboxylic acids is 1. The molecule has 0 radical (unpaired) electrons. The highest BCUT2D eigenvalue weighted by Gasteiger charge is 2.11. The molecule has 0 saturated carbocycles. The van der Waals surface area contributed by atoms with Crippen molar-refractivity contribution >= 4 is 40.5 Å². The van der Waals surface area contributed by atoms with Gasteiger partial charge in [0.05, 0.1) is 17.3 Å². The average molecular weight is 451 g/mol. The van der Waals surface area contributed by atoms with E-state index in [1.165, 1.54) is 6.08 Å². The number of aliphatic carboxylic acids is 1. The maximum atomic E-state index is 11.0. The number of hydrogen-bond acceptors (Lipinski definition) is 6. The molecule has 4 aromatic rings. The quantitative estimate of drug-likeness (QED) is 0.272. The van der Waals surface area contributed by atoms with Crippen LogP contribution in [0.2, 0.25) is 0 Å². The summed E-state index contributed by atoms with van der Waals surface area (Å²) >= 11 is 1.14. The molecule has 160 valence electrons. The minimum absolute atomic E-state index is 0.312. The molecule has 0 bridgehead atoms. The second-order valence-corrected chi connectivity index (χ2v) is 7.94. The van der Waals surface area contributed by atoms with Gasteiger partial charge in [0.15, 0.2) is 0 Å². The van der Waals surface area contributed by atoms with Crippen LogP contribution in [0, 0.1) is 23.2 Å². The maximum Gasteiger partial charge on any atom is 0.346 e. The highest BCUT2D eigenvalue weighted by Crippen LogP contribution is 2.30. The van der Waals surface area contributed by atoms with Gasteiger partial charge in [-0.1, -0.05) is 42.2 Å². The molecule has 0 unspecified atom stereocenters. The molecule has 0 saturated heterocycles. The smallest absolute Gasteiger partial charge is 0.346 e. The summed E-state index contributed by atoms with van der Waals surface area (Å²) in [6, 6.07) is 20.9. The van der Waals surface area contributed by atoms with Gasteiger partial charge >= 0.3 is 5.97 Å². The van der Waals surface area contributed by atoms with Gasteiger partial charge in [-0.15, -0.1) is 0 Å². The Kier molecular flexibility index (Phi) is 6.17. The van der Waals surface area contributed by atoms with Gasteiger partial charge in [-0.05, 0) is 47.5 Å². The van der Waals surface area contributed by atoms with Gasteiger partial charge < -0.3 is 10.0 Å². The minimum Gasteiger partial charge on any atom is -0.477 e. The van der Waals surface area contributed by atoms with E-state index >= 15 is 0 Å². The molecule has 3 aromatic carbocycles. The molecule has 0 aliphatic rings. The third kappa shape index (κ3) is 4.74. The van der Waals surface area contributed by atoms with Crippen molar-refractivity contribution in [3.05, 3.63) is 82.9 Å². The van der Waals surface area contributed by atoms with Gasteiger partial charge in [0.2, 0.25) is 0 Å². The summed E-state index contributed by atoms with van der Waals surface area (Å²) in [6.07, 6.45) is 1.34. The van der Waals surface area contributed by atoms with E-state index in [0.717, 1.165) is 50.7 Å². The third-order valence-electron chi connectivity index (χ3n) is 5.02. The van der Waals surface area contributed by atoms with E-state index < -0.39 is 5.97 Å². The topological polar surface area (TPSA) is 90.1 Å². The normalized spacial score (nSPS) is 10.9. The fourth-order valence-corrected chi connectivity index (χ4v) is 3.82. The predicted molar refractivity (Wildman–Crippen MR) is 131 cm³/mol. The zero-order chi connectivity index (χ0) is 23.4. The Morgan fingerprint density at radius 1 is 0.970 bits per heavy atom. The van der Waals surface area contributed by atoms with Gasteiger partial charge in [-0.2, -0.15) is 14.0 Å². The van der Waals surface area contributed by atoms with Gasteiger partial charge in [0, 0.05) is 30.9 Å². The monoisotopic (exact) mass is 450 g/mol. The van der Waals surface area contributed by atoms with Gasteiger partial charge in [-0.3, -0.25) is 0 Å². The fraction of sp³-hybridized carbons (Fsp3) is 0.0769. The first-order valence-electron chi connectivity index (χ1n) is 9.96. The number of nitrogens with zero attached hydrogens (tertiary/aromatic N) is 4.